The third kappa shape index (κ3) is 4.30. The van der Waals surface area contributed by atoms with Gasteiger partial charge in [-0.25, -0.2) is 0 Å². The summed E-state index contributed by atoms with van der Waals surface area (Å²) >= 11 is 5.80. The lowest BCUT2D eigenvalue weighted by Crippen LogP contribution is -2.36. The minimum atomic E-state index is 0.490. The first-order valence-electron chi connectivity index (χ1n) is 5.24. The quantitative estimate of drug-likeness (QED) is 0.694. The largest absolute Gasteiger partial charge is 0.381 e. The Labute approximate surface area is 86.0 Å². The number of hydrogen-bond donors (Lipinski definition) is 1. The van der Waals surface area contributed by atoms with Crippen LogP contribution in [0.4, 0.5) is 0 Å². The second-order valence-corrected chi connectivity index (χ2v) is 4.03. The van der Waals surface area contributed by atoms with E-state index >= 15 is 0 Å². The van der Waals surface area contributed by atoms with Gasteiger partial charge in [-0.15, -0.1) is 11.6 Å². The summed E-state index contributed by atoms with van der Waals surface area (Å²) in [5.41, 5.74) is 0. The second kappa shape index (κ2) is 6.63. The molecule has 0 aromatic rings. The molecule has 1 rings (SSSR count). The summed E-state index contributed by atoms with van der Waals surface area (Å²) in [5, 5.41) is 3.50. The Kier molecular flexibility index (Phi) is 5.76. The predicted octanol–water partition coefficient (Wildman–Crippen LogP) is 2.02. The first-order valence-corrected chi connectivity index (χ1v) is 5.77. The number of nitrogens with one attached hydrogen (secondary N) is 1. The molecule has 0 saturated carbocycles. The van der Waals surface area contributed by atoms with Gasteiger partial charge in [0.15, 0.2) is 0 Å². The number of alkyl halides is 1. The van der Waals surface area contributed by atoms with Gasteiger partial charge in [-0.05, 0) is 31.7 Å². The SMILES string of the molecule is CCC(CCl)NCC1CCOCC1. The summed E-state index contributed by atoms with van der Waals surface area (Å²) in [5.74, 6) is 1.52. The van der Waals surface area contributed by atoms with Gasteiger partial charge >= 0.3 is 0 Å². The van der Waals surface area contributed by atoms with Crippen LogP contribution in [0.3, 0.4) is 0 Å². The molecule has 0 radical (unpaired) electrons. The smallest absolute Gasteiger partial charge is 0.0469 e. The van der Waals surface area contributed by atoms with E-state index in [1.807, 2.05) is 0 Å². The van der Waals surface area contributed by atoms with Crippen LogP contribution in [0.25, 0.3) is 0 Å². The first kappa shape index (κ1) is 11.3. The highest BCUT2D eigenvalue weighted by molar-refractivity contribution is 6.18. The zero-order chi connectivity index (χ0) is 9.52. The minimum absolute atomic E-state index is 0.490. The fraction of sp³-hybridized carbons (Fsp3) is 1.00. The predicted molar refractivity (Wildman–Crippen MR) is 56.3 cm³/mol. The van der Waals surface area contributed by atoms with Gasteiger partial charge in [0.05, 0.1) is 0 Å². The Balaban J connectivity index is 2.09. The number of rotatable bonds is 5. The van der Waals surface area contributed by atoms with E-state index in [0.717, 1.165) is 38.0 Å². The molecule has 1 unspecified atom stereocenters. The van der Waals surface area contributed by atoms with Gasteiger partial charge in [0.2, 0.25) is 0 Å². The Bertz CT molecular complexity index is 122. The van der Waals surface area contributed by atoms with Crippen LogP contribution in [0.15, 0.2) is 0 Å². The van der Waals surface area contributed by atoms with E-state index in [1.54, 1.807) is 0 Å². The Morgan fingerprint density at radius 2 is 2.15 bits per heavy atom. The molecular formula is C10H20ClNO. The van der Waals surface area contributed by atoms with Crippen molar-refractivity contribution in [2.75, 3.05) is 25.6 Å². The van der Waals surface area contributed by atoms with Crippen LogP contribution in [0.2, 0.25) is 0 Å². The molecule has 3 heteroatoms. The minimum Gasteiger partial charge on any atom is -0.381 e. The van der Waals surface area contributed by atoms with E-state index < -0.39 is 0 Å². The van der Waals surface area contributed by atoms with Gasteiger partial charge in [0.25, 0.3) is 0 Å². The molecule has 1 aliphatic heterocycles. The van der Waals surface area contributed by atoms with E-state index in [1.165, 1.54) is 12.8 Å². The van der Waals surface area contributed by atoms with Crippen molar-refractivity contribution in [2.24, 2.45) is 5.92 Å². The van der Waals surface area contributed by atoms with Crippen LogP contribution in [0, 0.1) is 5.92 Å². The lowest BCUT2D eigenvalue weighted by molar-refractivity contribution is 0.0656. The molecule has 13 heavy (non-hydrogen) atoms. The number of hydrogen-bond acceptors (Lipinski definition) is 2. The summed E-state index contributed by atoms with van der Waals surface area (Å²) in [6, 6.07) is 0.490. The number of halogens is 1. The fourth-order valence-corrected chi connectivity index (χ4v) is 1.92. The van der Waals surface area contributed by atoms with Crippen molar-refractivity contribution in [3.05, 3.63) is 0 Å². The molecule has 0 aromatic heterocycles. The molecule has 0 aliphatic carbocycles. The summed E-state index contributed by atoms with van der Waals surface area (Å²) in [6.07, 6.45) is 3.52. The van der Waals surface area contributed by atoms with Crippen molar-refractivity contribution in [1.29, 1.82) is 0 Å². The first-order chi connectivity index (χ1) is 6.36. The number of ether oxygens (including phenoxy) is 1. The molecule has 1 aliphatic rings. The van der Waals surface area contributed by atoms with Gasteiger partial charge in [0, 0.05) is 25.1 Å². The molecule has 0 bridgehead atoms. The zero-order valence-corrected chi connectivity index (χ0v) is 9.15. The normalized spacial score (nSPS) is 21.7. The highest BCUT2D eigenvalue weighted by Crippen LogP contribution is 2.13. The molecule has 78 valence electrons. The average molecular weight is 206 g/mol. The molecule has 0 amide bonds. The summed E-state index contributed by atoms with van der Waals surface area (Å²) in [4.78, 5) is 0. The molecule has 1 saturated heterocycles. The maximum absolute atomic E-state index is 5.80. The van der Waals surface area contributed by atoms with Crippen LogP contribution in [-0.4, -0.2) is 31.7 Å². The molecule has 1 heterocycles. The van der Waals surface area contributed by atoms with Crippen LogP contribution >= 0.6 is 11.6 Å². The van der Waals surface area contributed by atoms with Gasteiger partial charge < -0.3 is 10.1 Å². The monoisotopic (exact) mass is 205 g/mol. The Morgan fingerprint density at radius 3 is 2.69 bits per heavy atom. The molecule has 1 fully saturated rings. The zero-order valence-electron chi connectivity index (χ0n) is 8.39. The average Bonchev–Trinajstić information content (AvgIpc) is 2.21. The van der Waals surface area contributed by atoms with Crippen LogP contribution in [0.5, 0.6) is 0 Å². The molecule has 0 aromatic carbocycles. The molecule has 2 nitrogen and oxygen atoms in total. The van der Waals surface area contributed by atoms with Crippen molar-refractivity contribution in [1.82, 2.24) is 5.32 Å². The molecule has 1 atom stereocenters. The highest BCUT2D eigenvalue weighted by Gasteiger charge is 2.14. The summed E-state index contributed by atoms with van der Waals surface area (Å²) in [7, 11) is 0. The summed E-state index contributed by atoms with van der Waals surface area (Å²) < 4.78 is 5.31. The van der Waals surface area contributed by atoms with Gasteiger partial charge in [-0.2, -0.15) is 0 Å². The van der Waals surface area contributed by atoms with E-state index in [2.05, 4.69) is 12.2 Å². The van der Waals surface area contributed by atoms with Crippen molar-refractivity contribution < 1.29 is 4.74 Å². The Hall–Kier alpha value is 0.210. The van der Waals surface area contributed by atoms with Gasteiger partial charge in [-0.3, -0.25) is 0 Å². The highest BCUT2D eigenvalue weighted by atomic mass is 35.5. The fourth-order valence-electron chi connectivity index (χ4n) is 1.59. The maximum atomic E-state index is 5.80. The van der Waals surface area contributed by atoms with Crippen LogP contribution in [0.1, 0.15) is 26.2 Å². The van der Waals surface area contributed by atoms with Crippen molar-refractivity contribution in [3.8, 4) is 0 Å². The van der Waals surface area contributed by atoms with E-state index in [4.69, 9.17) is 16.3 Å². The maximum Gasteiger partial charge on any atom is 0.0469 e. The standard InChI is InChI=1S/C10H20ClNO/c1-2-10(7-11)12-8-9-3-5-13-6-4-9/h9-10,12H,2-8H2,1H3. The lowest BCUT2D eigenvalue weighted by Gasteiger charge is -2.24. The third-order valence-corrected chi connectivity index (χ3v) is 3.09. The summed E-state index contributed by atoms with van der Waals surface area (Å²) in [6.45, 7) is 5.15. The van der Waals surface area contributed by atoms with Crippen LogP contribution in [-0.2, 0) is 4.74 Å². The van der Waals surface area contributed by atoms with Crippen molar-refractivity contribution >= 4 is 11.6 Å². The van der Waals surface area contributed by atoms with Crippen LogP contribution < -0.4 is 5.32 Å². The molecular weight excluding hydrogens is 186 g/mol. The third-order valence-electron chi connectivity index (χ3n) is 2.72. The van der Waals surface area contributed by atoms with Crippen molar-refractivity contribution in [3.63, 3.8) is 0 Å². The molecule has 1 N–H and O–H groups in total. The van der Waals surface area contributed by atoms with Crippen molar-refractivity contribution in [2.45, 2.75) is 32.2 Å². The van der Waals surface area contributed by atoms with E-state index in [0.29, 0.717) is 6.04 Å². The second-order valence-electron chi connectivity index (χ2n) is 3.72. The Morgan fingerprint density at radius 1 is 1.46 bits per heavy atom. The van der Waals surface area contributed by atoms with E-state index in [-0.39, 0.29) is 0 Å². The van der Waals surface area contributed by atoms with Gasteiger partial charge in [0.1, 0.15) is 0 Å². The lowest BCUT2D eigenvalue weighted by atomic mass is 10.00. The van der Waals surface area contributed by atoms with E-state index in [9.17, 15) is 0 Å². The van der Waals surface area contributed by atoms with Gasteiger partial charge in [-0.1, -0.05) is 6.92 Å². The topological polar surface area (TPSA) is 21.3 Å². The molecule has 0 spiro atoms.